The van der Waals surface area contributed by atoms with Gasteiger partial charge in [-0.2, -0.15) is 5.26 Å². The van der Waals surface area contributed by atoms with Gasteiger partial charge in [-0.15, -0.1) is 0 Å². The van der Waals surface area contributed by atoms with Crippen LogP contribution in [0.15, 0.2) is 109 Å². The smallest absolute Gasteiger partial charge is 0.0998 e. The van der Waals surface area contributed by atoms with Gasteiger partial charge in [-0.25, -0.2) is 0 Å². The minimum absolute atomic E-state index is 0.678. The number of allylic oxidation sites excluding steroid dienone is 1. The number of rotatable bonds is 6. The van der Waals surface area contributed by atoms with E-state index in [1.807, 2.05) is 30.3 Å². The van der Waals surface area contributed by atoms with Gasteiger partial charge in [0.05, 0.1) is 11.6 Å². The maximum absolute atomic E-state index is 9.68. The van der Waals surface area contributed by atoms with Gasteiger partial charge in [0.2, 0.25) is 0 Å². The fraction of sp³-hybridized carbons (Fsp3) is 0.0690. The van der Waals surface area contributed by atoms with Crippen LogP contribution in [0.2, 0.25) is 0 Å². The summed E-state index contributed by atoms with van der Waals surface area (Å²) in [5.41, 5.74) is 7.76. The minimum Gasteiger partial charge on any atom is -0.192 e. The highest BCUT2D eigenvalue weighted by molar-refractivity contribution is 5.89. The second-order valence-corrected chi connectivity index (χ2v) is 7.43. The Bertz CT molecular complexity index is 1150. The van der Waals surface area contributed by atoms with E-state index in [1.165, 1.54) is 22.3 Å². The molecule has 0 unspecified atom stereocenters. The lowest BCUT2D eigenvalue weighted by Gasteiger charge is -2.05. The molecule has 0 aliphatic heterocycles. The Labute approximate surface area is 178 Å². The predicted molar refractivity (Wildman–Crippen MR) is 125 cm³/mol. The van der Waals surface area contributed by atoms with Crippen LogP contribution in [-0.4, -0.2) is 0 Å². The van der Waals surface area contributed by atoms with E-state index >= 15 is 0 Å². The standard InChI is InChI=1S/C29H23N/c30-22-29(28-17-15-26(16-18-28)20-24-9-5-2-6-10-24)21-27-13-11-25(12-14-27)19-23-7-3-1-4-8-23/h1-18,21H,19-20H2. The first-order chi connectivity index (χ1) is 14.8. The Kier molecular flexibility index (Phi) is 6.18. The molecule has 0 spiro atoms. The van der Waals surface area contributed by atoms with Gasteiger partial charge < -0.3 is 0 Å². The second kappa shape index (κ2) is 9.54. The molecular formula is C29H23N. The Hall–Kier alpha value is -3.89. The van der Waals surface area contributed by atoms with Crippen molar-refractivity contribution in [2.75, 3.05) is 0 Å². The summed E-state index contributed by atoms with van der Waals surface area (Å²) in [6.07, 6.45) is 3.77. The first-order valence-corrected chi connectivity index (χ1v) is 10.2. The summed E-state index contributed by atoms with van der Waals surface area (Å²) < 4.78 is 0. The molecule has 0 aromatic heterocycles. The van der Waals surface area contributed by atoms with Crippen LogP contribution in [0, 0.1) is 11.3 Å². The molecule has 0 atom stereocenters. The first kappa shape index (κ1) is 19.4. The summed E-state index contributed by atoms with van der Waals surface area (Å²) >= 11 is 0. The fourth-order valence-electron chi connectivity index (χ4n) is 3.54. The van der Waals surface area contributed by atoms with Crippen LogP contribution in [0.1, 0.15) is 33.4 Å². The summed E-state index contributed by atoms with van der Waals surface area (Å²) in [5.74, 6) is 0. The first-order valence-electron chi connectivity index (χ1n) is 10.2. The van der Waals surface area contributed by atoms with E-state index in [4.69, 9.17) is 0 Å². The lowest BCUT2D eigenvalue weighted by molar-refractivity contribution is 1.19. The minimum atomic E-state index is 0.678. The highest BCUT2D eigenvalue weighted by Crippen LogP contribution is 2.20. The zero-order chi connectivity index (χ0) is 20.6. The quantitative estimate of drug-likeness (QED) is 0.261. The van der Waals surface area contributed by atoms with Crippen molar-refractivity contribution >= 4 is 11.6 Å². The highest BCUT2D eigenvalue weighted by Gasteiger charge is 2.03. The van der Waals surface area contributed by atoms with Gasteiger partial charge >= 0.3 is 0 Å². The molecule has 0 fully saturated rings. The number of benzene rings is 4. The number of hydrogen-bond acceptors (Lipinski definition) is 1. The third-order valence-corrected chi connectivity index (χ3v) is 5.18. The normalized spacial score (nSPS) is 11.1. The Morgan fingerprint density at radius 2 is 1.00 bits per heavy atom. The van der Waals surface area contributed by atoms with Crippen molar-refractivity contribution < 1.29 is 0 Å². The predicted octanol–water partition coefficient (Wildman–Crippen LogP) is 6.93. The van der Waals surface area contributed by atoms with E-state index in [0.29, 0.717) is 5.57 Å². The number of nitrogens with zero attached hydrogens (tertiary/aromatic N) is 1. The van der Waals surface area contributed by atoms with Gasteiger partial charge in [-0.1, -0.05) is 109 Å². The third-order valence-electron chi connectivity index (χ3n) is 5.18. The lowest BCUT2D eigenvalue weighted by Crippen LogP contribution is -1.89. The van der Waals surface area contributed by atoms with Gasteiger partial charge in [-0.3, -0.25) is 0 Å². The average molecular weight is 386 g/mol. The summed E-state index contributed by atoms with van der Waals surface area (Å²) in [6, 6.07) is 40.0. The van der Waals surface area contributed by atoms with E-state index in [0.717, 1.165) is 24.0 Å². The molecule has 4 aromatic rings. The largest absolute Gasteiger partial charge is 0.192 e. The average Bonchev–Trinajstić information content (AvgIpc) is 2.81. The van der Waals surface area contributed by atoms with E-state index in [-0.39, 0.29) is 0 Å². The van der Waals surface area contributed by atoms with Crippen molar-refractivity contribution in [1.82, 2.24) is 0 Å². The van der Waals surface area contributed by atoms with Gasteiger partial charge in [0.1, 0.15) is 0 Å². The van der Waals surface area contributed by atoms with Crippen LogP contribution >= 0.6 is 0 Å². The molecule has 0 bridgehead atoms. The van der Waals surface area contributed by atoms with Crippen molar-refractivity contribution in [2.45, 2.75) is 12.8 Å². The van der Waals surface area contributed by atoms with Crippen LogP contribution in [-0.2, 0) is 12.8 Å². The molecule has 144 valence electrons. The van der Waals surface area contributed by atoms with Crippen LogP contribution in [0.3, 0.4) is 0 Å². The molecule has 0 saturated carbocycles. The molecule has 0 N–H and O–H groups in total. The molecule has 0 saturated heterocycles. The summed E-state index contributed by atoms with van der Waals surface area (Å²) in [4.78, 5) is 0. The Balaban J connectivity index is 1.47. The molecular weight excluding hydrogens is 362 g/mol. The summed E-state index contributed by atoms with van der Waals surface area (Å²) in [5, 5.41) is 9.68. The molecule has 0 heterocycles. The van der Waals surface area contributed by atoms with Crippen LogP contribution in [0.5, 0.6) is 0 Å². The molecule has 30 heavy (non-hydrogen) atoms. The second-order valence-electron chi connectivity index (χ2n) is 7.43. The van der Waals surface area contributed by atoms with Crippen molar-refractivity contribution in [2.24, 2.45) is 0 Å². The summed E-state index contributed by atoms with van der Waals surface area (Å²) in [6.45, 7) is 0. The van der Waals surface area contributed by atoms with Crippen molar-refractivity contribution in [3.8, 4) is 6.07 Å². The lowest BCUT2D eigenvalue weighted by atomic mass is 9.99. The van der Waals surface area contributed by atoms with Crippen molar-refractivity contribution in [1.29, 1.82) is 5.26 Å². The SMILES string of the molecule is N#CC(=Cc1ccc(Cc2ccccc2)cc1)c1ccc(Cc2ccccc2)cc1. The molecule has 1 heteroatoms. The monoisotopic (exact) mass is 385 g/mol. The number of nitriles is 1. The van der Waals surface area contributed by atoms with Gasteiger partial charge in [0, 0.05) is 0 Å². The topological polar surface area (TPSA) is 23.8 Å². The molecule has 0 radical (unpaired) electrons. The van der Waals surface area contributed by atoms with Crippen molar-refractivity contribution in [3.05, 3.63) is 143 Å². The molecule has 0 aliphatic rings. The van der Waals surface area contributed by atoms with E-state index < -0.39 is 0 Å². The molecule has 1 nitrogen and oxygen atoms in total. The fourth-order valence-corrected chi connectivity index (χ4v) is 3.54. The Morgan fingerprint density at radius 3 is 1.47 bits per heavy atom. The molecule has 0 amide bonds. The molecule has 4 rings (SSSR count). The van der Waals surface area contributed by atoms with Gasteiger partial charge in [0.25, 0.3) is 0 Å². The highest BCUT2D eigenvalue weighted by atomic mass is 14.2. The Morgan fingerprint density at radius 1 is 0.567 bits per heavy atom. The van der Waals surface area contributed by atoms with Crippen LogP contribution in [0.4, 0.5) is 0 Å². The van der Waals surface area contributed by atoms with Gasteiger partial charge in [-0.05, 0) is 52.3 Å². The van der Waals surface area contributed by atoms with Crippen LogP contribution < -0.4 is 0 Å². The zero-order valence-electron chi connectivity index (χ0n) is 16.8. The summed E-state index contributed by atoms with van der Waals surface area (Å²) in [7, 11) is 0. The molecule has 4 aromatic carbocycles. The van der Waals surface area contributed by atoms with Gasteiger partial charge in [0.15, 0.2) is 0 Å². The third kappa shape index (κ3) is 5.13. The van der Waals surface area contributed by atoms with E-state index in [1.54, 1.807) is 0 Å². The van der Waals surface area contributed by atoms with Crippen molar-refractivity contribution in [3.63, 3.8) is 0 Å². The molecule has 0 aliphatic carbocycles. The van der Waals surface area contributed by atoms with E-state index in [9.17, 15) is 5.26 Å². The zero-order valence-corrected chi connectivity index (χ0v) is 16.8. The van der Waals surface area contributed by atoms with E-state index in [2.05, 4.69) is 91.0 Å². The number of hydrogen-bond donors (Lipinski definition) is 0. The maximum Gasteiger partial charge on any atom is 0.0998 e. The maximum atomic E-state index is 9.68. The van der Waals surface area contributed by atoms with Crippen LogP contribution in [0.25, 0.3) is 11.6 Å².